The van der Waals surface area contributed by atoms with Crippen molar-refractivity contribution in [1.82, 2.24) is 15.5 Å². The summed E-state index contributed by atoms with van der Waals surface area (Å²) in [5.74, 6) is -1.89. The Morgan fingerprint density at radius 1 is 0.909 bits per heavy atom. The topological polar surface area (TPSA) is 163 Å². The zero-order valence-corrected chi connectivity index (χ0v) is 31.4. The largest absolute Gasteiger partial charge is 0.394 e. The zero-order chi connectivity index (χ0) is 38.5. The van der Waals surface area contributed by atoms with Crippen molar-refractivity contribution in [2.45, 2.75) is 70.2 Å². The number of piperidine rings is 2. The predicted octanol–water partition coefficient (Wildman–Crippen LogP) is 3.83. The molecule has 6 N–H and O–H groups in total. The van der Waals surface area contributed by atoms with Gasteiger partial charge in [0.2, 0.25) is 17.7 Å². The molecule has 3 aromatic rings. The van der Waals surface area contributed by atoms with Crippen molar-refractivity contribution in [1.29, 1.82) is 0 Å². The highest BCUT2D eigenvalue weighted by Crippen LogP contribution is 2.47. The first-order valence-electron chi connectivity index (χ1n) is 19.6. The number of aliphatic hydroxyl groups is 2. The second-order valence-electron chi connectivity index (χ2n) is 15.4. The van der Waals surface area contributed by atoms with Crippen LogP contribution in [0.1, 0.15) is 61.3 Å². The molecule has 0 saturated carbocycles. The van der Waals surface area contributed by atoms with Crippen molar-refractivity contribution in [2.75, 3.05) is 48.3 Å². The molecular formula is C43H52N6O6. The van der Waals surface area contributed by atoms with Gasteiger partial charge in [-0.05, 0) is 92.2 Å². The molecule has 0 spiro atoms. The standard InChI is InChI=1S/C43H52N6O6/c1-28(8-4-15-39(51)48-26-33-11-3-2-10-30(33)21-36(48)27-50)43(55)37-22-35(47-41(53)32-13-7-19-45-24-32)16-17-38(37)49(42(43)54)25-29-9-5-14-34(20-29)46-40(52)31-12-6-18-44-23-31/h2-5,8-11,14,16-17,20,22,28,31-32,36,44-45,50,55H,6-7,12-13,15,18-19,21,23-27H2,1H3,(H,46,52)(H,47,53)/b8-4+/t28-,31?,32?,36+,43+/m1/s1. The first-order chi connectivity index (χ1) is 26.6. The molecule has 5 atom stereocenters. The molecule has 55 heavy (non-hydrogen) atoms. The number of nitrogens with one attached hydrogen (secondary N) is 4. The second kappa shape index (κ2) is 16.9. The van der Waals surface area contributed by atoms with Gasteiger partial charge in [0, 0.05) is 48.9 Å². The lowest BCUT2D eigenvalue weighted by Gasteiger charge is -2.36. The summed E-state index contributed by atoms with van der Waals surface area (Å²) >= 11 is 0. The molecule has 0 radical (unpaired) electrons. The molecule has 4 aliphatic rings. The first kappa shape index (κ1) is 38.4. The van der Waals surface area contributed by atoms with Crippen molar-refractivity contribution in [2.24, 2.45) is 17.8 Å². The summed E-state index contributed by atoms with van der Waals surface area (Å²) < 4.78 is 0. The van der Waals surface area contributed by atoms with E-state index in [1.807, 2.05) is 48.5 Å². The van der Waals surface area contributed by atoms with Crippen LogP contribution in [0.15, 0.2) is 78.9 Å². The average Bonchev–Trinajstić information content (AvgIpc) is 3.42. The maximum atomic E-state index is 14.5. The van der Waals surface area contributed by atoms with Gasteiger partial charge in [-0.15, -0.1) is 0 Å². The fraction of sp³-hybridized carbons (Fsp3) is 0.442. The quantitative estimate of drug-likeness (QED) is 0.161. The Kier molecular flexibility index (Phi) is 11.8. The molecule has 3 aromatic carbocycles. The number of fused-ring (bicyclic) bond motifs is 2. The molecule has 2 unspecified atom stereocenters. The van der Waals surface area contributed by atoms with E-state index < -0.39 is 17.4 Å². The number of carbonyl (C=O) groups is 4. The van der Waals surface area contributed by atoms with Crippen LogP contribution < -0.4 is 26.2 Å². The van der Waals surface area contributed by atoms with Crippen LogP contribution in [0.5, 0.6) is 0 Å². The van der Waals surface area contributed by atoms with Gasteiger partial charge in [-0.2, -0.15) is 0 Å². The minimum atomic E-state index is -2.00. The van der Waals surface area contributed by atoms with Gasteiger partial charge in [-0.25, -0.2) is 0 Å². The van der Waals surface area contributed by atoms with Gasteiger partial charge in [0.05, 0.1) is 36.7 Å². The Bertz CT molecular complexity index is 1940. The van der Waals surface area contributed by atoms with Crippen molar-refractivity contribution in [3.8, 4) is 0 Å². The van der Waals surface area contributed by atoms with Crippen molar-refractivity contribution in [3.05, 3.63) is 101 Å². The van der Waals surface area contributed by atoms with E-state index in [1.54, 1.807) is 47.1 Å². The van der Waals surface area contributed by atoms with Gasteiger partial charge in [0.1, 0.15) is 0 Å². The van der Waals surface area contributed by atoms with E-state index in [0.717, 1.165) is 55.5 Å². The lowest BCUT2D eigenvalue weighted by molar-refractivity contribution is -0.139. The molecule has 4 aliphatic heterocycles. The maximum Gasteiger partial charge on any atom is 0.264 e. The Morgan fingerprint density at radius 3 is 2.24 bits per heavy atom. The Morgan fingerprint density at radius 2 is 1.58 bits per heavy atom. The highest BCUT2D eigenvalue weighted by Gasteiger charge is 2.52. The van der Waals surface area contributed by atoms with Gasteiger partial charge in [0.15, 0.2) is 5.60 Å². The summed E-state index contributed by atoms with van der Waals surface area (Å²) in [4.78, 5) is 57.4. The molecule has 290 valence electrons. The first-order valence-corrected chi connectivity index (χ1v) is 19.6. The Hall–Kier alpha value is -4.88. The van der Waals surface area contributed by atoms with Crippen molar-refractivity contribution >= 4 is 40.7 Å². The summed E-state index contributed by atoms with van der Waals surface area (Å²) in [7, 11) is 0. The van der Waals surface area contributed by atoms with E-state index in [9.17, 15) is 29.4 Å². The number of rotatable bonds is 11. The van der Waals surface area contributed by atoms with Crippen LogP contribution >= 0.6 is 0 Å². The molecule has 0 bridgehead atoms. The predicted molar refractivity (Wildman–Crippen MR) is 211 cm³/mol. The number of carbonyl (C=O) groups excluding carboxylic acids is 4. The van der Waals surface area contributed by atoms with Crippen LogP contribution in [0.3, 0.4) is 0 Å². The third-order valence-corrected chi connectivity index (χ3v) is 11.7. The molecule has 0 aliphatic carbocycles. The van der Waals surface area contributed by atoms with E-state index in [2.05, 4.69) is 21.3 Å². The lowest BCUT2D eigenvalue weighted by atomic mass is 9.82. The minimum absolute atomic E-state index is 0.0325. The van der Waals surface area contributed by atoms with Gasteiger partial charge in [-0.1, -0.05) is 55.5 Å². The number of nitrogens with zero attached hydrogens (tertiary/aromatic N) is 2. The van der Waals surface area contributed by atoms with Crippen LogP contribution in [0.4, 0.5) is 17.1 Å². The van der Waals surface area contributed by atoms with Crippen LogP contribution in [0, 0.1) is 17.8 Å². The smallest absolute Gasteiger partial charge is 0.264 e. The molecule has 7 rings (SSSR count). The zero-order valence-electron chi connectivity index (χ0n) is 31.4. The van der Waals surface area contributed by atoms with E-state index in [1.165, 1.54) is 0 Å². The van der Waals surface area contributed by atoms with E-state index in [-0.39, 0.29) is 55.2 Å². The van der Waals surface area contributed by atoms with Crippen molar-refractivity contribution in [3.63, 3.8) is 0 Å². The number of benzene rings is 3. The molecule has 2 fully saturated rings. The summed E-state index contributed by atoms with van der Waals surface area (Å²) in [5.41, 5.74) is 2.93. The Labute approximate surface area is 322 Å². The number of aliphatic hydroxyl groups excluding tert-OH is 1. The summed E-state index contributed by atoms with van der Waals surface area (Å²) in [5, 5.41) is 35.2. The van der Waals surface area contributed by atoms with E-state index in [4.69, 9.17) is 0 Å². The molecule has 12 heteroatoms. The minimum Gasteiger partial charge on any atom is -0.394 e. The van der Waals surface area contributed by atoms with Crippen LogP contribution in [-0.2, 0) is 44.3 Å². The molecule has 12 nitrogen and oxygen atoms in total. The number of amides is 4. The van der Waals surface area contributed by atoms with E-state index in [0.29, 0.717) is 48.7 Å². The summed E-state index contributed by atoms with van der Waals surface area (Å²) in [6, 6.07) is 20.2. The number of hydrogen-bond acceptors (Lipinski definition) is 8. The fourth-order valence-corrected chi connectivity index (χ4v) is 8.42. The molecular weight excluding hydrogens is 697 g/mol. The van der Waals surface area contributed by atoms with Gasteiger partial charge in [-0.3, -0.25) is 19.2 Å². The monoisotopic (exact) mass is 748 g/mol. The van der Waals surface area contributed by atoms with E-state index >= 15 is 0 Å². The third kappa shape index (κ3) is 8.23. The van der Waals surface area contributed by atoms with Gasteiger partial charge >= 0.3 is 0 Å². The highest BCUT2D eigenvalue weighted by molar-refractivity contribution is 6.08. The van der Waals surface area contributed by atoms with Crippen LogP contribution in [-0.4, -0.2) is 77.6 Å². The SMILES string of the molecule is C[C@H](/C=C/CC(=O)N1Cc2ccccc2C[C@H]1CO)[C@@]1(O)C(=O)N(Cc2cccc(NC(=O)C3CCCNC3)c2)c2ccc(NC(=O)C3CCCNC3)cc21. The second-order valence-corrected chi connectivity index (χ2v) is 15.4. The molecule has 4 heterocycles. The van der Waals surface area contributed by atoms with Gasteiger partial charge < -0.3 is 41.3 Å². The fourth-order valence-electron chi connectivity index (χ4n) is 8.42. The Balaban J connectivity index is 1.12. The van der Waals surface area contributed by atoms with Crippen LogP contribution in [0.25, 0.3) is 0 Å². The molecule has 0 aromatic heterocycles. The third-order valence-electron chi connectivity index (χ3n) is 11.7. The van der Waals surface area contributed by atoms with Crippen molar-refractivity contribution < 1.29 is 29.4 Å². The average molecular weight is 749 g/mol. The normalized spacial score (nSPS) is 24.3. The maximum absolute atomic E-state index is 14.5. The molecule has 2 saturated heterocycles. The van der Waals surface area contributed by atoms with Crippen LogP contribution in [0.2, 0.25) is 0 Å². The summed E-state index contributed by atoms with van der Waals surface area (Å²) in [6.07, 6.45) is 7.45. The highest BCUT2D eigenvalue weighted by atomic mass is 16.3. The number of hydrogen-bond donors (Lipinski definition) is 6. The van der Waals surface area contributed by atoms with Gasteiger partial charge in [0.25, 0.3) is 5.91 Å². The summed E-state index contributed by atoms with van der Waals surface area (Å²) in [6.45, 7) is 5.16. The molecule has 4 amide bonds. The number of anilines is 3. The lowest BCUT2D eigenvalue weighted by Crippen LogP contribution is -2.46.